The zero-order chi connectivity index (χ0) is 14.4. The molecule has 6 heteroatoms. The van der Waals surface area contributed by atoms with Crippen LogP contribution < -0.4 is 10.6 Å². The van der Waals surface area contributed by atoms with E-state index in [4.69, 9.17) is 9.15 Å². The summed E-state index contributed by atoms with van der Waals surface area (Å²) in [5.74, 6) is 0.551. The summed E-state index contributed by atoms with van der Waals surface area (Å²) < 4.78 is 10.5. The third kappa shape index (κ3) is 3.79. The van der Waals surface area contributed by atoms with Gasteiger partial charge in [-0.2, -0.15) is 0 Å². The lowest BCUT2D eigenvalue weighted by atomic mass is 10.1. The summed E-state index contributed by atoms with van der Waals surface area (Å²) in [4.78, 5) is 0. The highest BCUT2D eigenvalue weighted by molar-refractivity contribution is 5.61. The van der Waals surface area contributed by atoms with Gasteiger partial charge in [0.25, 0.3) is 0 Å². The maximum Gasteiger partial charge on any atom is 0.320 e. The van der Waals surface area contributed by atoms with Crippen molar-refractivity contribution in [2.45, 2.75) is 20.4 Å². The molecule has 1 aromatic carbocycles. The van der Waals surface area contributed by atoms with E-state index in [1.54, 1.807) is 7.11 Å². The van der Waals surface area contributed by atoms with Crippen LogP contribution in [0.1, 0.15) is 17.0 Å². The van der Waals surface area contributed by atoms with E-state index in [1.165, 1.54) is 0 Å². The molecule has 0 saturated carbocycles. The number of nitrogens with one attached hydrogen (secondary N) is 2. The highest BCUT2D eigenvalue weighted by atomic mass is 16.5. The van der Waals surface area contributed by atoms with E-state index in [0.717, 1.165) is 23.4 Å². The summed E-state index contributed by atoms with van der Waals surface area (Å²) in [6.45, 7) is 6.02. The Labute approximate surface area is 118 Å². The summed E-state index contributed by atoms with van der Waals surface area (Å²) >= 11 is 0. The molecule has 0 aliphatic rings. The fourth-order valence-electron chi connectivity index (χ4n) is 1.86. The third-order valence-electron chi connectivity index (χ3n) is 2.94. The summed E-state index contributed by atoms with van der Waals surface area (Å²) in [6.07, 6.45) is 0. The molecule has 0 saturated heterocycles. The molecule has 2 N–H and O–H groups in total. The van der Waals surface area contributed by atoms with Crippen molar-refractivity contribution >= 4 is 11.7 Å². The number of aryl methyl sites for hydroxylation is 2. The second kappa shape index (κ2) is 7.02. The molecule has 0 radical (unpaired) electrons. The molecule has 2 aromatic rings. The van der Waals surface area contributed by atoms with Crippen LogP contribution >= 0.6 is 0 Å². The molecular weight excluding hydrogens is 256 g/mol. The standard InChI is InChI=1S/C14H20N4O2/c1-10-5-4-6-11(2)13(10)16-14-18-17-12(20-14)9-15-7-8-19-3/h4-6,15H,7-9H2,1-3H3,(H,16,18). The van der Waals surface area contributed by atoms with Gasteiger partial charge in [0.05, 0.1) is 13.2 Å². The lowest BCUT2D eigenvalue weighted by Crippen LogP contribution is -2.18. The monoisotopic (exact) mass is 276 g/mol. The van der Waals surface area contributed by atoms with Gasteiger partial charge in [0.15, 0.2) is 0 Å². The van der Waals surface area contributed by atoms with E-state index >= 15 is 0 Å². The minimum atomic E-state index is 0.408. The highest BCUT2D eigenvalue weighted by Crippen LogP contribution is 2.23. The van der Waals surface area contributed by atoms with Crippen LogP contribution in [-0.2, 0) is 11.3 Å². The number of nitrogens with zero attached hydrogens (tertiary/aromatic N) is 2. The second-order valence-electron chi connectivity index (χ2n) is 4.56. The van der Waals surface area contributed by atoms with Crippen LogP contribution in [0.3, 0.4) is 0 Å². The summed E-state index contributed by atoms with van der Waals surface area (Å²) in [5, 5.41) is 14.3. The topological polar surface area (TPSA) is 72.2 Å². The molecule has 0 bridgehead atoms. The van der Waals surface area contributed by atoms with Crippen molar-refractivity contribution in [2.75, 3.05) is 25.6 Å². The Morgan fingerprint density at radius 3 is 2.65 bits per heavy atom. The molecule has 1 aromatic heterocycles. The van der Waals surface area contributed by atoms with Crippen LogP contribution in [0, 0.1) is 13.8 Å². The quantitative estimate of drug-likeness (QED) is 0.755. The third-order valence-corrected chi connectivity index (χ3v) is 2.94. The Hall–Kier alpha value is -1.92. The first-order valence-corrected chi connectivity index (χ1v) is 6.56. The Balaban J connectivity index is 1.96. The molecule has 20 heavy (non-hydrogen) atoms. The largest absolute Gasteiger partial charge is 0.406 e. The molecule has 0 spiro atoms. The molecule has 0 amide bonds. The minimum absolute atomic E-state index is 0.408. The Morgan fingerprint density at radius 1 is 1.20 bits per heavy atom. The van der Waals surface area contributed by atoms with Crippen LogP contribution in [0.4, 0.5) is 11.7 Å². The van der Waals surface area contributed by atoms with Crippen LogP contribution in [-0.4, -0.2) is 30.5 Å². The maximum absolute atomic E-state index is 5.54. The number of hydrogen-bond acceptors (Lipinski definition) is 6. The Kier molecular flexibility index (Phi) is 5.09. The average molecular weight is 276 g/mol. The fourth-order valence-corrected chi connectivity index (χ4v) is 1.86. The number of methoxy groups -OCH3 is 1. The van der Waals surface area contributed by atoms with Crippen LogP contribution in [0.25, 0.3) is 0 Å². The molecule has 0 unspecified atom stereocenters. The first-order chi connectivity index (χ1) is 9.70. The Morgan fingerprint density at radius 2 is 1.95 bits per heavy atom. The average Bonchev–Trinajstić information content (AvgIpc) is 2.87. The maximum atomic E-state index is 5.54. The van der Waals surface area contributed by atoms with Crippen molar-refractivity contribution < 1.29 is 9.15 Å². The van der Waals surface area contributed by atoms with E-state index < -0.39 is 0 Å². The van der Waals surface area contributed by atoms with Crippen LogP contribution in [0.2, 0.25) is 0 Å². The second-order valence-corrected chi connectivity index (χ2v) is 4.56. The minimum Gasteiger partial charge on any atom is -0.406 e. The zero-order valence-electron chi connectivity index (χ0n) is 12.1. The molecular formula is C14H20N4O2. The molecule has 0 aliphatic carbocycles. The number of aromatic nitrogens is 2. The predicted molar refractivity (Wildman–Crippen MR) is 77.1 cm³/mol. The van der Waals surface area contributed by atoms with E-state index in [1.807, 2.05) is 32.0 Å². The first-order valence-electron chi connectivity index (χ1n) is 6.56. The van der Waals surface area contributed by atoms with Crippen LogP contribution in [0.15, 0.2) is 22.6 Å². The summed E-state index contributed by atoms with van der Waals surface area (Å²) in [5.41, 5.74) is 3.29. The van der Waals surface area contributed by atoms with Gasteiger partial charge in [-0.3, -0.25) is 0 Å². The number of hydrogen-bond donors (Lipinski definition) is 2. The van der Waals surface area contributed by atoms with E-state index in [-0.39, 0.29) is 0 Å². The number of benzene rings is 1. The lowest BCUT2D eigenvalue weighted by Gasteiger charge is -2.08. The van der Waals surface area contributed by atoms with Crippen molar-refractivity contribution in [2.24, 2.45) is 0 Å². The van der Waals surface area contributed by atoms with Gasteiger partial charge in [0.1, 0.15) is 0 Å². The molecule has 2 rings (SSSR count). The van der Waals surface area contributed by atoms with Crippen molar-refractivity contribution in [3.8, 4) is 0 Å². The molecule has 0 atom stereocenters. The van der Waals surface area contributed by atoms with Gasteiger partial charge in [-0.1, -0.05) is 23.3 Å². The first kappa shape index (κ1) is 14.5. The number of para-hydroxylation sites is 1. The van der Waals surface area contributed by atoms with Gasteiger partial charge >= 0.3 is 6.01 Å². The number of rotatable bonds is 7. The van der Waals surface area contributed by atoms with Crippen LogP contribution in [0.5, 0.6) is 0 Å². The molecule has 0 fully saturated rings. The van der Waals surface area contributed by atoms with E-state index in [0.29, 0.717) is 25.1 Å². The lowest BCUT2D eigenvalue weighted by molar-refractivity contribution is 0.198. The van der Waals surface area contributed by atoms with Gasteiger partial charge in [0, 0.05) is 19.3 Å². The van der Waals surface area contributed by atoms with Gasteiger partial charge in [-0.05, 0) is 25.0 Å². The molecule has 1 heterocycles. The molecule has 108 valence electrons. The fraction of sp³-hybridized carbons (Fsp3) is 0.429. The Bertz CT molecular complexity index is 534. The smallest absolute Gasteiger partial charge is 0.320 e. The van der Waals surface area contributed by atoms with Gasteiger partial charge in [-0.15, -0.1) is 5.10 Å². The summed E-state index contributed by atoms with van der Waals surface area (Å²) in [6, 6.07) is 6.51. The zero-order valence-corrected chi connectivity index (χ0v) is 12.1. The summed E-state index contributed by atoms with van der Waals surface area (Å²) in [7, 11) is 1.67. The van der Waals surface area contributed by atoms with Crippen molar-refractivity contribution in [1.29, 1.82) is 0 Å². The molecule has 0 aliphatic heterocycles. The van der Waals surface area contributed by atoms with Crippen molar-refractivity contribution in [3.05, 3.63) is 35.2 Å². The van der Waals surface area contributed by atoms with Gasteiger partial charge in [0.2, 0.25) is 5.89 Å². The van der Waals surface area contributed by atoms with Crippen molar-refractivity contribution in [1.82, 2.24) is 15.5 Å². The van der Waals surface area contributed by atoms with E-state index in [9.17, 15) is 0 Å². The van der Waals surface area contributed by atoms with Gasteiger partial charge in [-0.25, -0.2) is 0 Å². The van der Waals surface area contributed by atoms with Crippen molar-refractivity contribution in [3.63, 3.8) is 0 Å². The number of ether oxygens (including phenoxy) is 1. The predicted octanol–water partition coefficient (Wildman–Crippen LogP) is 2.17. The van der Waals surface area contributed by atoms with E-state index in [2.05, 4.69) is 20.8 Å². The highest BCUT2D eigenvalue weighted by Gasteiger charge is 2.08. The SMILES string of the molecule is COCCNCc1nnc(Nc2c(C)cccc2C)o1. The number of anilines is 2. The normalized spacial score (nSPS) is 10.8. The molecule has 6 nitrogen and oxygen atoms in total. The van der Waals surface area contributed by atoms with Gasteiger partial charge < -0.3 is 19.8 Å².